The first kappa shape index (κ1) is 18.9. The minimum Gasteiger partial charge on any atom is -0.454 e. The molecule has 0 aliphatic carbocycles. The summed E-state index contributed by atoms with van der Waals surface area (Å²) in [7, 11) is 0. The van der Waals surface area contributed by atoms with E-state index < -0.39 is 0 Å². The van der Waals surface area contributed by atoms with Crippen molar-refractivity contribution < 1.29 is 14.3 Å². The Morgan fingerprint density at radius 3 is 2.54 bits per heavy atom. The largest absolute Gasteiger partial charge is 0.454 e. The second-order valence-electron chi connectivity index (χ2n) is 4.94. The molecule has 0 aliphatic rings. The molecule has 2 aromatic rings. The topological polar surface area (TPSA) is 61.5 Å². The molecule has 0 heterocycles. The Morgan fingerprint density at radius 2 is 1.96 bits per heavy atom. The second kappa shape index (κ2) is 8.10. The highest BCUT2D eigenvalue weighted by molar-refractivity contribution is 9.10. The number of rotatable bonds is 5. The van der Waals surface area contributed by atoms with Gasteiger partial charge in [0, 0.05) is 28.2 Å². The molecule has 0 bridgehead atoms. The normalized spacial score (nSPS) is 10.5. The number of carbonyl (C=O) groups excluding carboxylic acids is 1. The number of esters is 1. The van der Waals surface area contributed by atoms with Crippen LogP contribution in [0.5, 0.6) is 17.2 Å². The lowest BCUT2D eigenvalue weighted by Crippen LogP contribution is -2.08. The van der Waals surface area contributed by atoms with Crippen LogP contribution in [0.4, 0.5) is 5.69 Å². The van der Waals surface area contributed by atoms with Gasteiger partial charge in [0.2, 0.25) is 0 Å². The number of carbonyl (C=O) groups is 1. The van der Waals surface area contributed by atoms with Crippen LogP contribution in [-0.4, -0.2) is 5.97 Å². The molecule has 0 spiro atoms. The Hall–Kier alpha value is -1.43. The van der Waals surface area contributed by atoms with Crippen LogP contribution in [0.15, 0.2) is 28.7 Å². The van der Waals surface area contributed by atoms with Gasteiger partial charge in [-0.3, -0.25) is 4.79 Å². The summed E-state index contributed by atoms with van der Waals surface area (Å²) in [6, 6.07) is 6.68. The number of hydrogen-bond donors (Lipinski definition) is 1. The maximum atomic E-state index is 11.6. The van der Waals surface area contributed by atoms with Crippen molar-refractivity contribution in [1.29, 1.82) is 0 Å². The first-order chi connectivity index (χ1) is 11.4. The van der Waals surface area contributed by atoms with E-state index in [2.05, 4.69) is 15.9 Å². The van der Waals surface area contributed by atoms with Crippen LogP contribution in [0, 0.1) is 0 Å². The molecule has 4 nitrogen and oxygen atoms in total. The van der Waals surface area contributed by atoms with Crippen LogP contribution < -0.4 is 15.2 Å². The monoisotopic (exact) mass is 431 g/mol. The molecular weight excluding hydrogens is 417 g/mol. The van der Waals surface area contributed by atoms with E-state index in [1.165, 1.54) is 0 Å². The molecule has 7 heteroatoms. The molecule has 0 saturated heterocycles. The van der Waals surface area contributed by atoms with Crippen molar-refractivity contribution in [1.82, 2.24) is 0 Å². The van der Waals surface area contributed by atoms with E-state index in [9.17, 15) is 4.79 Å². The number of anilines is 1. The Balaban J connectivity index is 2.43. The fourth-order valence-corrected chi connectivity index (χ4v) is 3.02. The van der Waals surface area contributed by atoms with Gasteiger partial charge in [-0.25, -0.2) is 0 Å². The van der Waals surface area contributed by atoms with Gasteiger partial charge in [-0.1, -0.05) is 37.0 Å². The molecule has 128 valence electrons. The standard InChI is InChI=1S/C17H16BrCl2NO3/c1-3-10-14(24-15(22)4-2)8-12(19)17(16(10)20)23-9-5-6-13(21)11(18)7-9/h5-8H,3-4,21H2,1-2H3. The average Bonchev–Trinajstić information content (AvgIpc) is 2.54. The van der Waals surface area contributed by atoms with E-state index in [1.807, 2.05) is 6.92 Å². The summed E-state index contributed by atoms with van der Waals surface area (Å²) in [4.78, 5) is 11.6. The van der Waals surface area contributed by atoms with Gasteiger partial charge in [0.05, 0.1) is 10.0 Å². The van der Waals surface area contributed by atoms with Crippen molar-refractivity contribution in [3.63, 3.8) is 0 Å². The van der Waals surface area contributed by atoms with Gasteiger partial charge in [0.25, 0.3) is 0 Å². The van der Waals surface area contributed by atoms with Gasteiger partial charge in [-0.2, -0.15) is 0 Å². The second-order valence-corrected chi connectivity index (χ2v) is 6.58. The van der Waals surface area contributed by atoms with E-state index in [-0.39, 0.29) is 17.4 Å². The lowest BCUT2D eigenvalue weighted by molar-refractivity contribution is -0.134. The fraction of sp³-hybridized carbons (Fsp3) is 0.235. The molecule has 0 fully saturated rings. The molecule has 0 saturated carbocycles. The van der Waals surface area contributed by atoms with Gasteiger partial charge in [0.15, 0.2) is 5.75 Å². The van der Waals surface area contributed by atoms with E-state index in [0.29, 0.717) is 44.4 Å². The molecular formula is C17H16BrCl2NO3. The summed E-state index contributed by atoms with van der Waals surface area (Å²) >= 11 is 16.0. The SMILES string of the molecule is CCC(=O)Oc1cc(Cl)c(Oc2ccc(N)c(Br)c2)c(Cl)c1CC. The summed E-state index contributed by atoms with van der Waals surface area (Å²) in [5.41, 5.74) is 7.02. The van der Waals surface area contributed by atoms with E-state index in [0.717, 1.165) is 0 Å². The maximum absolute atomic E-state index is 11.6. The molecule has 0 atom stereocenters. The summed E-state index contributed by atoms with van der Waals surface area (Å²) in [5.74, 6) is 0.835. The lowest BCUT2D eigenvalue weighted by atomic mass is 10.1. The number of halogens is 3. The van der Waals surface area contributed by atoms with Crippen molar-refractivity contribution in [2.75, 3.05) is 5.73 Å². The van der Waals surface area contributed by atoms with Crippen LogP contribution in [0.1, 0.15) is 25.8 Å². The first-order valence-corrected chi connectivity index (χ1v) is 8.86. The van der Waals surface area contributed by atoms with Crippen molar-refractivity contribution in [2.45, 2.75) is 26.7 Å². The van der Waals surface area contributed by atoms with Crippen molar-refractivity contribution in [3.8, 4) is 17.2 Å². The summed E-state index contributed by atoms with van der Waals surface area (Å²) in [6.07, 6.45) is 0.820. The highest BCUT2D eigenvalue weighted by atomic mass is 79.9. The Morgan fingerprint density at radius 1 is 1.25 bits per heavy atom. The molecule has 0 unspecified atom stereocenters. The summed E-state index contributed by atoms with van der Waals surface area (Å²) < 4.78 is 11.8. The van der Waals surface area contributed by atoms with Crippen molar-refractivity contribution >= 4 is 50.8 Å². The van der Waals surface area contributed by atoms with Crippen LogP contribution in [0.25, 0.3) is 0 Å². The molecule has 0 radical (unpaired) electrons. The maximum Gasteiger partial charge on any atom is 0.310 e. The highest BCUT2D eigenvalue weighted by Crippen LogP contribution is 2.44. The zero-order valence-corrected chi connectivity index (χ0v) is 16.3. The van der Waals surface area contributed by atoms with Crippen LogP contribution in [0.3, 0.4) is 0 Å². The third kappa shape index (κ3) is 4.15. The van der Waals surface area contributed by atoms with E-state index in [4.69, 9.17) is 38.4 Å². The third-order valence-electron chi connectivity index (χ3n) is 3.29. The number of ether oxygens (including phenoxy) is 2. The van der Waals surface area contributed by atoms with Gasteiger partial charge < -0.3 is 15.2 Å². The number of benzene rings is 2. The highest BCUT2D eigenvalue weighted by Gasteiger charge is 2.19. The number of hydrogen-bond acceptors (Lipinski definition) is 4. The molecule has 2 rings (SSSR count). The van der Waals surface area contributed by atoms with E-state index in [1.54, 1.807) is 31.2 Å². The smallest absolute Gasteiger partial charge is 0.310 e. The number of nitrogens with two attached hydrogens (primary N) is 1. The first-order valence-electron chi connectivity index (χ1n) is 7.31. The Labute approximate surface area is 159 Å². The fourth-order valence-electron chi connectivity index (χ4n) is 2.02. The van der Waals surface area contributed by atoms with E-state index >= 15 is 0 Å². The lowest BCUT2D eigenvalue weighted by Gasteiger charge is -2.16. The van der Waals surface area contributed by atoms with Gasteiger partial charge in [-0.15, -0.1) is 0 Å². The Kier molecular flexibility index (Phi) is 6.38. The zero-order chi connectivity index (χ0) is 17.9. The van der Waals surface area contributed by atoms with Crippen LogP contribution >= 0.6 is 39.1 Å². The average molecular weight is 433 g/mol. The van der Waals surface area contributed by atoms with Crippen LogP contribution in [-0.2, 0) is 11.2 Å². The number of nitrogen functional groups attached to an aromatic ring is 1. The molecule has 24 heavy (non-hydrogen) atoms. The molecule has 2 N–H and O–H groups in total. The van der Waals surface area contributed by atoms with Crippen molar-refractivity contribution in [2.24, 2.45) is 0 Å². The quantitative estimate of drug-likeness (QED) is 0.357. The van der Waals surface area contributed by atoms with Gasteiger partial charge >= 0.3 is 5.97 Å². The molecule has 0 amide bonds. The molecule has 0 aromatic heterocycles. The summed E-state index contributed by atoms with van der Waals surface area (Å²) in [6.45, 7) is 3.62. The van der Waals surface area contributed by atoms with Crippen LogP contribution in [0.2, 0.25) is 10.0 Å². The minimum atomic E-state index is -0.354. The third-order valence-corrected chi connectivity index (χ3v) is 4.66. The molecule has 2 aromatic carbocycles. The predicted octanol–water partition coefficient (Wildman–Crippen LogP) is 6.01. The van der Waals surface area contributed by atoms with Crippen molar-refractivity contribution in [3.05, 3.63) is 44.3 Å². The predicted molar refractivity (Wildman–Crippen MR) is 100 cm³/mol. The van der Waals surface area contributed by atoms with Gasteiger partial charge in [-0.05, 0) is 40.5 Å². The minimum absolute atomic E-state index is 0.254. The summed E-state index contributed by atoms with van der Waals surface area (Å²) in [5, 5.41) is 0.570. The van der Waals surface area contributed by atoms with Gasteiger partial charge in [0.1, 0.15) is 11.5 Å². The zero-order valence-electron chi connectivity index (χ0n) is 13.2. The molecule has 0 aliphatic heterocycles. The Bertz CT molecular complexity index is 781.